The highest BCUT2D eigenvalue weighted by Gasteiger charge is 2.10. The van der Waals surface area contributed by atoms with E-state index in [2.05, 4.69) is 10.4 Å². The zero-order valence-corrected chi connectivity index (χ0v) is 10.9. The Bertz CT molecular complexity index is 450. The molecular weight excluding hydrogens is 266 g/mol. The van der Waals surface area contributed by atoms with Crippen molar-refractivity contribution in [2.45, 2.75) is 13.0 Å². The molecule has 18 heavy (non-hydrogen) atoms. The molecule has 0 bridgehead atoms. The van der Waals surface area contributed by atoms with Gasteiger partial charge in [-0.3, -0.25) is 4.79 Å². The number of aromatic nitrogens is 2. The van der Waals surface area contributed by atoms with E-state index in [9.17, 15) is 13.6 Å². The fourth-order valence-electron chi connectivity index (χ4n) is 1.23. The lowest BCUT2D eigenvalue weighted by atomic mass is 10.4. The van der Waals surface area contributed by atoms with Crippen molar-refractivity contribution in [3.8, 4) is 0 Å². The van der Waals surface area contributed by atoms with E-state index in [0.717, 1.165) is 0 Å². The maximum atomic E-state index is 12.0. The number of hydrogen-bond donors (Lipinski definition) is 1. The molecule has 0 saturated carbocycles. The number of likely N-dealkylation sites (N-methyl/N-ethyl adjacent to an activating group) is 1. The summed E-state index contributed by atoms with van der Waals surface area (Å²) in [5.41, 5.74) is -0.360. The number of rotatable bonds is 6. The van der Waals surface area contributed by atoms with Gasteiger partial charge in [-0.15, -0.1) is 0 Å². The Morgan fingerprint density at radius 1 is 1.56 bits per heavy atom. The van der Waals surface area contributed by atoms with Crippen LogP contribution in [0.2, 0.25) is 5.02 Å². The van der Waals surface area contributed by atoms with Crippen molar-refractivity contribution in [1.82, 2.24) is 14.7 Å². The molecule has 0 spiro atoms. The highest BCUT2D eigenvalue weighted by atomic mass is 35.5. The van der Waals surface area contributed by atoms with Crippen LogP contribution in [0.4, 0.5) is 14.5 Å². The third-order valence-electron chi connectivity index (χ3n) is 2.19. The zero-order chi connectivity index (χ0) is 13.7. The molecule has 0 aliphatic carbocycles. The molecule has 0 aliphatic rings. The predicted molar refractivity (Wildman–Crippen MR) is 66.6 cm³/mol. The molecule has 0 aromatic carbocycles. The average Bonchev–Trinajstić information content (AvgIpc) is 2.29. The van der Waals surface area contributed by atoms with Crippen LogP contribution in [0.1, 0.15) is 0 Å². The molecule has 8 heteroatoms. The number of nitrogens with zero attached hydrogens (tertiary/aromatic N) is 3. The molecule has 0 fully saturated rings. The van der Waals surface area contributed by atoms with Crippen molar-refractivity contribution in [1.29, 1.82) is 0 Å². The number of hydrogen-bond acceptors (Lipinski definition) is 4. The minimum atomic E-state index is -2.52. The first-order chi connectivity index (χ1) is 8.41. The molecule has 1 aromatic heterocycles. The third kappa shape index (κ3) is 4.23. The van der Waals surface area contributed by atoms with Crippen LogP contribution in [0.25, 0.3) is 0 Å². The van der Waals surface area contributed by atoms with Gasteiger partial charge in [-0.2, -0.15) is 5.10 Å². The summed E-state index contributed by atoms with van der Waals surface area (Å²) in [4.78, 5) is 13.7. The molecule has 0 radical (unpaired) electrons. The maximum Gasteiger partial charge on any atom is 0.287 e. The molecule has 5 nitrogen and oxygen atoms in total. The van der Waals surface area contributed by atoms with E-state index in [1.807, 2.05) is 19.0 Å². The predicted octanol–water partition coefficient (Wildman–Crippen LogP) is 1.14. The smallest absolute Gasteiger partial charge is 0.287 e. The van der Waals surface area contributed by atoms with Gasteiger partial charge in [0.1, 0.15) is 5.02 Å². The lowest BCUT2D eigenvalue weighted by Crippen LogP contribution is -2.29. The van der Waals surface area contributed by atoms with Crippen molar-refractivity contribution in [3.63, 3.8) is 0 Å². The van der Waals surface area contributed by atoms with E-state index >= 15 is 0 Å². The van der Waals surface area contributed by atoms with Gasteiger partial charge in [0.25, 0.3) is 12.0 Å². The van der Waals surface area contributed by atoms with Crippen LogP contribution in [0, 0.1) is 0 Å². The summed E-state index contributed by atoms with van der Waals surface area (Å²) in [6, 6.07) is 0. The van der Waals surface area contributed by atoms with E-state index in [4.69, 9.17) is 11.6 Å². The molecule has 1 rings (SSSR count). The summed E-state index contributed by atoms with van der Waals surface area (Å²) >= 11 is 5.80. The van der Waals surface area contributed by atoms with Crippen molar-refractivity contribution in [3.05, 3.63) is 21.6 Å². The van der Waals surface area contributed by atoms with Gasteiger partial charge in [0.05, 0.1) is 25.0 Å². The van der Waals surface area contributed by atoms with Gasteiger partial charge in [-0.25, -0.2) is 13.5 Å². The summed E-state index contributed by atoms with van der Waals surface area (Å²) in [5, 5.41) is 6.13. The van der Waals surface area contributed by atoms with E-state index in [1.165, 1.54) is 10.9 Å². The number of halogens is 3. The van der Waals surface area contributed by atoms with Crippen LogP contribution < -0.4 is 10.9 Å². The average molecular weight is 281 g/mol. The van der Waals surface area contributed by atoms with Gasteiger partial charge < -0.3 is 10.2 Å². The molecule has 0 atom stereocenters. The van der Waals surface area contributed by atoms with Crippen LogP contribution in [-0.4, -0.2) is 48.3 Å². The first kappa shape index (κ1) is 14.8. The van der Waals surface area contributed by atoms with Crippen molar-refractivity contribution in [2.75, 3.05) is 32.5 Å². The fraction of sp³-hybridized carbons (Fsp3) is 0.600. The van der Waals surface area contributed by atoms with Crippen LogP contribution in [0.15, 0.2) is 11.0 Å². The molecule has 0 unspecified atom stereocenters. The van der Waals surface area contributed by atoms with Gasteiger partial charge in [-0.05, 0) is 14.1 Å². The number of anilines is 1. The lowest BCUT2D eigenvalue weighted by molar-refractivity contribution is 0.163. The summed E-state index contributed by atoms with van der Waals surface area (Å²) in [7, 11) is 3.73. The molecule has 0 amide bonds. The standard InChI is InChI=1S/C10H15ClF2N4O/c1-16(2)3-4-17-10(18)9(11)7(5-15-17)14-6-8(12)13/h5,8,14H,3-4,6H2,1-2H3. The van der Waals surface area contributed by atoms with E-state index in [-0.39, 0.29) is 10.7 Å². The normalized spacial score (nSPS) is 11.3. The molecule has 0 saturated heterocycles. The lowest BCUT2D eigenvalue weighted by Gasteiger charge is -2.12. The molecule has 102 valence electrons. The minimum absolute atomic E-state index is 0.121. The van der Waals surface area contributed by atoms with Gasteiger partial charge in [-0.1, -0.05) is 11.6 Å². The van der Waals surface area contributed by atoms with Gasteiger partial charge in [0.2, 0.25) is 0 Å². The van der Waals surface area contributed by atoms with Gasteiger partial charge in [0.15, 0.2) is 0 Å². The van der Waals surface area contributed by atoms with Crippen LogP contribution in [0.5, 0.6) is 0 Å². The Labute approximate surface area is 108 Å². The Kier molecular flexibility index (Phi) is 5.49. The van der Waals surface area contributed by atoms with Crippen LogP contribution in [-0.2, 0) is 6.54 Å². The van der Waals surface area contributed by atoms with Crippen molar-refractivity contribution < 1.29 is 8.78 Å². The van der Waals surface area contributed by atoms with E-state index < -0.39 is 18.5 Å². The topological polar surface area (TPSA) is 50.2 Å². The Morgan fingerprint density at radius 3 is 2.78 bits per heavy atom. The van der Waals surface area contributed by atoms with Gasteiger partial charge in [0, 0.05) is 6.54 Å². The third-order valence-corrected chi connectivity index (χ3v) is 2.56. The SMILES string of the molecule is CN(C)CCn1ncc(NCC(F)F)c(Cl)c1=O. The van der Waals surface area contributed by atoms with Crippen LogP contribution in [0.3, 0.4) is 0 Å². The summed E-state index contributed by atoms with van der Waals surface area (Å²) in [5.74, 6) is 0. The Hall–Kier alpha value is -1.21. The molecule has 1 aromatic rings. The van der Waals surface area contributed by atoms with Crippen molar-refractivity contribution >= 4 is 17.3 Å². The second kappa shape index (κ2) is 6.65. The van der Waals surface area contributed by atoms with Crippen LogP contribution >= 0.6 is 11.6 Å². The Morgan fingerprint density at radius 2 is 2.22 bits per heavy atom. The zero-order valence-electron chi connectivity index (χ0n) is 10.2. The fourth-order valence-corrected chi connectivity index (χ4v) is 1.44. The van der Waals surface area contributed by atoms with Crippen molar-refractivity contribution in [2.24, 2.45) is 0 Å². The molecule has 1 heterocycles. The second-order valence-corrected chi connectivity index (χ2v) is 4.35. The first-order valence-corrected chi connectivity index (χ1v) is 5.72. The largest absolute Gasteiger partial charge is 0.377 e. The van der Waals surface area contributed by atoms with E-state index in [0.29, 0.717) is 13.1 Å². The quantitative estimate of drug-likeness (QED) is 0.849. The summed E-state index contributed by atoms with van der Waals surface area (Å²) in [6.45, 7) is 0.455. The second-order valence-electron chi connectivity index (χ2n) is 3.98. The number of alkyl halides is 2. The monoisotopic (exact) mass is 280 g/mol. The summed E-state index contributed by atoms with van der Waals surface area (Å²) < 4.78 is 25.3. The minimum Gasteiger partial charge on any atom is -0.377 e. The van der Waals surface area contributed by atoms with E-state index in [1.54, 1.807) is 0 Å². The first-order valence-electron chi connectivity index (χ1n) is 5.34. The molecular formula is C10H15ClF2N4O. The highest BCUT2D eigenvalue weighted by molar-refractivity contribution is 6.32. The molecule has 0 aliphatic heterocycles. The van der Waals surface area contributed by atoms with Gasteiger partial charge >= 0.3 is 0 Å². The summed E-state index contributed by atoms with van der Waals surface area (Å²) in [6.07, 6.45) is -1.24. The number of nitrogens with one attached hydrogen (secondary N) is 1. The molecule has 1 N–H and O–H groups in total. The Balaban J connectivity index is 2.81. The highest BCUT2D eigenvalue weighted by Crippen LogP contribution is 2.15. The maximum absolute atomic E-state index is 12.0.